The molecule has 6 heteroatoms. The summed E-state index contributed by atoms with van der Waals surface area (Å²) in [5, 5.41) is 2.90. The van der Waals surface area contributed by atoms with Crippen LogP contribution in [-0.4, -0.2) is 41.1 Å². The number of likely N-dealkylation sites (tertiary alicyclic amines) is 1. The van der Waals surface area contributed by atoms with Gasteiger partial charge in [0.2, 0.25) is 5.91 Å². The maximum Gasteiger partial charge on any atom is 0.407 e. The molecule has 128 valence electrons. The molecule has 2 atom stereocenters. The van der Waals surface area contributed by atoms with Gasteiger partial charge in [-0.3, -0.25) is 4.79 Å². The highest BCUT2D eigenvalue weighted by atomic mass is 16.6. The summed E-state index contributed by atoms with van der Waals surface area (Å²) in [4.78, 5) is 26.1. The minimum absolute atomic E-state index is 0.0397. The van der Waals surface area contributed by atoms with E-state index in [1.165, 1.54) is 0 Å². The quantitative estimate of drug-likeness (QED) is 0.929. The number of hydrogen-bond acceptors (Lipinski definition) is 4. The van der Waals surface area contributed by atoms with Gasteiger partial charge in [-0.25, -0.2) is 4.79 Å². The van der Waals surface area contributed by atoms with Gasteiger partial charge in [0, 0.05) is 18.6 Å². The largest absolute Gasteiger partial charge is 0.472 e. The van der Waals surface area contributed by atoms with Crippen LogP contribution >= 0.6 is 0 Å². The van der Waals surface area contributed by atoms with Crippen LogP contribution in [0.15, 0.2) is 23.0 Å². The molecule has 2 unspecified atom stereocenters. The third kappa shape index (κ3) is 5.30. The van der Waals surface area contributed by atoms with E-state index >= 15 is 0 Å². The van der Waals surface area contributed by atoms with Crippen molar-refractivity contribution in [3.05, 3.63) is 24.2 Å². The van der Waals surface area contributed by atoms with E-state index in [-0.39, 0.29) is 18.0 Å². The van der Waals surface area contributed by atoms with E-state index in [2.05, 4.69) is 5.32 Å². The summed E-state index contributed by atoms with van der Waals surface area (Å²) in [5.74, 6) is 0.0922. The van der Waals surface area contributed by atoms with Gasteiger partial charge in [-0.1, -0.05) is 0 Å². The van der Waals surface area contributed by atoms with Crippen LogP contribution in [0.4, 0.5) is 4.79 Å². The van der Waals surface area contributed by atoms with Crippen LogP contribution in [0.3, 0.4) is 0 Å². The topological polar surface area (TPSA) is 71.8 Å². The number of ether oxygens (including phenoxy) is 1. The van der Waals surface area contributed by atoms with Gasteiger partial charge in [0.15, 0.2) is 0 Å². The van der Waals surface area contributed by atoms with Crippen molar-refractivity contribution < 1.29 is 18.7 Å². The first-order valence-electron chi connectivity index (χ1n) is 8.04. The molecule has 0 aliphatic carbocycles. The highest BCUT2D eigenvalue weighted by Gasteiger charge is 2.30. The molecule has 6 nitrogen and oxygen atoms in total. The Kier molecular flexibility index (Phi) is 5.34. The predicted octanol–water partition coefficient (Wildman–Crippen LogP) is 2.73. The van der Waals surface area contributed by atoms with Gasteiger partial charge in [0.05, 0.1) is 18.9 Å². The molecule has 1 N–H and O–H groups in total. The lowest BCUT2D eigenvalue weighted by Gasteiger charge is -2.38. The Morgan fingerprint density at radius 2 is 2.17 bits per heavy atom. The number of carbonyl (C=O) groups is 2. The fourth-order valence-electron chi connectivity index (χ4n) is 2.82. The maximum absolute atomic E-state index is 12.4. The second-order valence-corrected chi connectivity index (χ2v) is 7.11. The van der Waals surface area contributed by atoms with Gasteiger partial charge in [0.25, 0.3) is 0 Å². The van der Waals surface area contributed by atoms with Crippen molar-refractivity contribution in [2.24, 2.45) is 0 Å². The number of alkyl carbamates (subject to hydrolysis) is 1. The molecule has 2 rings (SSSR count). The lowest BCUT2D eigenvalue weighted by molar-refractivity contribution is -0.134. The number of piperidine rings is 1. The van der Waals surface area contributed by atoms with E-state index in [9.17, 15) is 9.59 Å². The van der Waals surface area contributed by atoms with Gasteiger partial charge in [-0.15, -0.1) is 0 Å². The lowest BCUT2D eigenvalue weighted by Crippen LogP contribution is -2.51. The van der Waals surface area contributed by atoms with E-state index in [0.717, 1.165) is 18.4 Å². The average Bonchev–Trinajstić information content (AvgIpc) is 2.89. The Labute approximate surface area is 137 Å². The number of rotatable bonds is 3. The number of furan rings is 1. The Bertz CT molecular complexity index is 533. The van der Waals surface area contributed by atoms with Crippen LogP contribution in [0.5, 0.6) is 0 Å². The molecule has 1 aromatic rings. The number of hydrogen-bond donors (Lipinski definition) is 1. The van der Waals surface area contributed by atoms with Crippen molar-refractivity contribution in [2.75, 3.05) is 6.54 Å². The highest BCUT2D eigenvalue weighted by molar-refractivity contribution is 5.79. The second-order valence-electron chi connectivity index (χ2n) is 7.11. The highest BCUT2D eigenvalue weighted by Crippen LogP contribution is 2.19. The summed E-state index contributed by atoms with van der Waals surface area (Å²) in [7, 11) is 0. The summed E-state index contributed by atoms with van der Waals surface area (Å²) < 4.78 is 10.3. The van der Waals surface area contributed by atoms with Crippen LogP contribution in [-0.2, 0) is 16.0 Å². The Morgan fingerprint density at radius 1 is 1.43 bits per heavy atom. The van der Waals surface area contributed by atoms with Crippen LogP contribution in [0, 0.1) is 0 Å². The van der Waals surface area contributed by atoms with Crippen molar-refractivity contribution in [1.29, 1.82) is 0 Å². The number of carbonyl (C=O) groups excluding carboxylic acids is 2. The van der Waals surface area contributed by atoms with Crippen LogP contribution in [0.1, 0.15) is 46.1 Å². The van der Waals surface area contributed by atoms with Gasteiger partial charge >= 0.3 is 6.09 Å². The van der Waals surface area contributed by atoms with Gasteiger partial charge in [-0.2, -0.15) is 0 Å². The molecule has 2 heterocycles. The monoisotopic (exact) mass is 322 g/mol. The van der Waals surface area contributed by atoms with Crippen molar-refractivity contribution in [2.45, 2.75) is 64.6 Å². The summed E-state index contributed by atoms with van der Waals surface area (Å²) in [6.07, 6.45) is 4.60. The number of nitrogens with zero attached hydrogens (tertiary/aromatic N) is 1. The molecule has 0 bridgehead atoms. The van der Waals surface area contributed by atoms with Crippen molar-refractivity contribution in [3.63, 3.8) is 0 Å². The Balaban J connectivity index is 1.82. The maximum atomic E-state index is 12.4. The van der Waals surface area contributed by atoms with Crippen LogP contribution < -0.4 is 5.32 Å². The first kappa shape index (κ1) is 17.4. The molecule has 0 aromatic carbocycles. The lowest BCUT2D eigenvalue weighted by atomic mass is 9.97. The number of nitrogens with one attached hydrogen (secondary N) is 1. The molecule has 1 aliphatic rings. The summed E-state index contributed by atoms with van der Waals surface area (Å²) in [6, 6.07) is 1.93. The SMILES string of the molecule is CC1CC(NC(=O)OC(C)(C)C)CCN1C(=O)Cc1ccoc1. The average molecular weight is 322 g/mol. The minimum Gasteiger partial charge on any atom is -0.472 e. The zero-order valence-electron chi connectivity index (χ0n) is 14.3. The second kappa shape index (κ2) is 7.06. The molecule has 23 heavy (non-hydrogen) atoms. The predicted molar refractivity (Wildman–Crippen MR) is 86.0 cm³/mol. The summed E-state index contributed by atoms with van der Waals surface area (Å²) in [6.45, 7) is 8.17. The first-order chi connectivity index (χ1) is 10.7. The van der Waals surface area contributed by atoms with E-state index in [0.29, 0.717) is 13.0 Å². The van der Waals surface area contributed by atoms with E-state index in [1.54, 1.807) is 18.6 Å². The number of amides is 2. The molecule has 1 aliphatic heterocycles. The molecule has 1 saturated heterocycles. The van der Waals surface area contributed by atoms with E-state index in [4.69, 9.17) is 9.15 Å². The molecule has 0 saturated carbocycles. The van der Waals surface area contributed by atoms with E-state index < -0.39 is 11.7 Å². The third-order valence-electron chi connectivity index (χ3n) is 3.85. The Morgan fingerprint density at radius 3 is 2.74 bits per heavy atom. The van der Waals surface area contributed by atoms with E-state index in [1.807, 2.05) is 32.6 Å². The fraction of sp³-hybridized carbons (Fsp3) is 0.647. The van der Waals surface area contributed by atoms with Crippen molar-refractivity contribution in [3.8, 4) is 0 Å². The summed E-state index contributed by atoms with van der Waals surface area (Å²) in [5.41, 5.74) is 0.382. The van der Waals surface area contributed by atoms with Crippen molar-refractivity contribution >= 4 is 12.0 Å². The zero-order valence-corrected chi connectivity index (χ0v) is 14.3. The summed E-state index contributed by atoms with van der Waals surface area (Å²) >= 11 is 0. The fourth-order valence-corrected chi connectivity index (χ4v) is 2.82. The standard InChI is InChI=1S/C17H26N2O4/c1-12-9-14(18-16(21)23-17(2,3)4)5-7-19(12)15(20)10-13-6-8-22-11-13/h6,8,11-12,14H,5,7,9-10H2,1-4H3,(H,18,21). The zero-order chi connectivity index (χ0) is 17.0. The molecule has 0 radical (unpaired) electrons. The van der Waals surface area contributed by atoms with Gasteiger partial charge in [-0.05, 0) is 52.2 Å². The van der Waals surface area contributed by atoms with Gasteiger partial charge < -0.3 is 19.4 Å². The molecule has 0 spiro atoms. The molecular formula is C17H26N2O4. The molecule has 2 amide bonds. The minimum atomic E-state index is -0.503. The van der Waals surface area contributed by atoms with Crippen LogP contribution in [0.25, 0.3) is 0 Å². The van der Waals surface area contributed by atoms with Crippen molar-refractivity contribution in [1.82, 2.24) is 10.2 Å². The Hall–Kier alpha value is -1.98. The molecule has 1 fully saturated rings. The van der Waals surface area contributed by atoms with Gasteiger partial charge in [0.1, 0.15) is 5.60 Å². The normalized spacial score (nSPS) is 21.8. The first-order valence-corrected chi connectivity index (χ1v) is 8.04. The van der Waals surface area contributed by atoms with Crippen LogP contribution in [0.2, 0.25) is 0 Å². The molecular weight excluding hydrogens is 296 g/mol. The smallest absolute Gasteiger partial charge is 0.407 e. The molecule has 1 aromatic heterocycles. The third-order valence-corrected chi connectivity index (χ3v) is 3.85.